The van der Waals surface area contributed by atoms with Gasteiger partial charge in [0.2, 0.25) is 10.0 Å². The first-order valence-corrected chi connectivity index (χ1v) is 9.03. The molecule has 0 atom stereocenters. The number of ether oxygens (including phenoxy) is 1. The van der Waals surface area contributed by atoms with Gasteiger partial charge in [-0.2, -0.15) is 0 Å². The van der Waals surface area contributed by atoms with Crippen molar-refractivity contribution in [2.45, 2.75) is 6.61 Å². The monoisotopic (exact) mass is 380 g/mol. The molecule has 0 heterocycles. The first-order chi connectivity index (χ1) is 12.1. The standard InChI is InChI=1S/C15H15N3O7S/c1-16(26(2,23)24)14-8-7-13(18(21)22)9-15(14)25-10-11-3-5-12(6-4-11)17(19)20/h3-9H,10H2,1-2H3/i1-1. The third kappa shape index (κ3) is 4.45. The number of hydrogen-bond acceptors (Lipinski definition) is 7. The summed E-state index contributed by atoms with van der Waals surface area (Å²) in [5, 5.41) is 21.6. The van der Waals surface area contributed by atoms with Gasteiger partial charge in [0, 0.05) is 25.2 Å². The normalized spacial score (nSPS) is 11.0. The molecule has 2 aromatic carbocycles. The number of nitrogens with zero attached hydrogens (tertiary/aromatic N) is 3. The fourth-order valence-electron chi connectivity index (χ4n) is 2.05. The number of rotatable bonds is 7. The van der Waals surface area contributed by atoms with Crippen molar-refractivity contribution in [3.8, 4) is 5.75 Å². The van der Waals surface area contributed by atoms with E-state index in [9.17, 15) is 28.6 Å². The van der Waals surface area contributed by atoms with Crippen LogP contribution in [-0.4, -0.2) is 31.6 Å². The molecule has 10 nitrogen and oxygen atoms in total. The fraction of sp³-hybridized carbons (Fsp3) is 0.200. The second kappa shape index (κ2) is 7.35. The molecule has 0 bridgehead atoms. The van der Waals surface area contributed by atoms with Gasteiger partial charge in [-0.05, 0) is 23.8 Å². The number of nitro groups is 2. The van der Waals surface area contributed by atoms with E-state index in [1.165, 1.54) is 43.4 Å². The summed E-state index contributed by atoms with van der Waals surface area (Å²) in [5.74, 6) is 0.00507. The molecule has 0 aliphatic heterocycles. The number of hydrogen-bond donors (Lipinski definition) is 0. The Bertz CT molecular complexity index is 942. The van der Waals surface area contributed by atoms with Crippen molar-refractivity contribution < 1.29 is 23.0 Å². The number of sulfonamides is 1. The Labute approximate surface area is 149 Å². The van der Waals surface area contributed by atoms with Crippen molar-refractivity contribution in [1.29, 1.82) is 0 Å². The van der Waals surface area contributed by atoms with E-state index in [0.717, 1.165) is 16.6 Å². The third-order valence-electron chi connectivity index (χ3n) is 3.53. The lowest BCUT2D eigenvalue weighted by atomic mass is 10.2. The zero-order valence-corrected chi connectivity index (χ0v) is 14.7. The fourth-order valence-corrected chi connectivity index (χ4v) is 2.55. The number of benzene rings is 2. The van der Waals surface area contributed by atoms with E-state index in [4.69, 9.17) is 4.74 Å². The lowest BCUT2D eigenvalue weighted by Gasteiger charge is -2.20. The molecule has 0 aromatic heterocycles. The third-order valence-corrected chi connectivity index (χ3v) is 4.72. The Kier molecular flexibility index (Phi) is 5.41. The predicted molar refractivity (Wildman–Crippen MR) is 93.8 cm³/mol. The van der Waals surface area contributed by atoms with Crippen LogP contribution < -0.4 is 9.04 Å². The highest BCUT2D eigenvalue weighted by Crippen LogP contribution is 2.33. The molecule has 0 amide bonds. The van der Waals surface area contributed by atoms with Gasteiger partial charge in [-0.25, -0.2) is 8.42 Å². The Hall–Kier alpha value is -3.21. The van der Waals surface area contributed by atoms with Crippen molar-refractivity contribution in [3.63, 3.8) is 0 Å². The minimum absolute atomic E-state index is 0.00507. The minimum atomic E-state index is -3.60. The van der Waals surface area contributed by atoms with Gasteiger partial charge in [-0.15, -0.1) is 0 Å². The summed E-state index contributed by atoms with van der Waals surface area (Å²) in [6.45, 7) is -0.0518. The van der Waals surface area contributed by atoms with Crippen molar-refractivity contribution in [2.75, 3.05) is 17.6 Å². The SMILES string of the molecule is CS(=O)(=O)N([11CH3])c1ccc([N+](=O)[O-])cc1OCc1ccc([N+](=O)[O-])cc1. The summed E-state index contributed by atoms with van der Waals surface area (Å²) < 4.78 is 30.0. The van der Waals surface area contributed by atoms with Gasteiger partial charge in [-0.1, -0.05) is 0 Å². The quantitative estimate of drug-likeness (QED) is 0.532. The summed E-state index contributed by atoms with van der Waals surface area (Å²) in [5.41, 5.74) is 0.381. The number of non-ortho nitro benzene ring substituents is 2. The van der Waals surface area contributed by atoms with E-state index < -0.39 is 19.9 Å². The molecule has 0 aliphatic rings. The Balaban J connectivity index is 2.32. The molecule has 0 spiro atoms. The molecule has 138 valence electrons. The van der Waals surface area contributed by atoms with E-state index >= 15 is 0 Å². The molecule has 0 unspecified atom stereocenters. The van der Waals surface area contributed by atoms with Crippen LogP contribution in [0.25, 0.3) is 0 Å². The van der Waals surface area contributed by atoms with Crippen LogP contribution in [-0.2, 0) is 16.6 Å². The lowest BCUT2D eigenvalue weighted by molar-refractivity contribution is -0.385. The maximum atomic E-state index is 11.8. The molecule has 0 aliphatic carbocycles. The first kappa shape index (κ1) is 19.1. The molecule has 0 fully saturated rings. The van der Waals surface area contributed by atoms with Crippen LogP contribution in [0.2, 0.25) is 0 Å². The summed E-state index contributed by atoms with van der Waals surface area (Å²) in [4.78, 5) is 20.5. The van der Waals surface area contributed by atoms with E-state index in [1.54, 1.807) is 0 Å². The maximum absolute atomic E-state index is 11.8. The second-order valence-corrected chi connectivity index (χ2v) is 7.37. The lowest BCUT2D eigenvalue weighted by Crippen LogP contribution is -2.25. The summed E-state index contributed by atoms with van der Waals surface area (Å²) >= 11 is 0. The molecule has 26 heavy (non-hydrogen) atoms. The molecular formula is C15H15N3O7S. The highest BCUT2D eigenvalue weighted by Gasteiger charge is 2.20. The zero-order chi connectivity index (χ0) is 19.5. The van der Waals surface area contributed by atoms with Crippen molar-refractivity contribution >= 4 is 27.1 Å². The number of nitro benzene ring substituents is 2. The van der Waals surface area contributed by atoms with Gasteiger partial charge >= 0.3 is 0 Å². The van der Waals surface area contributed by atoms with Crippen LogP contribution in [0.3, 0.4) is 0 Å². The van der Waals surface area contributed by atoms with E-state index in [0.29, 0.717) is 5.56 Å². The van der Waals surface area contributed by atoms with Gasteiger partial charge in [0.25, 0.3) is 11.4 Å². The average Bonchev–Trinajstić information content (AvgIpc) is 2.58. The van der Waals surface area contributed by atoms with Crippen LogP contribution in [0.4, 0.5) is 17.1 Å². The summed E-state index contributed by atoms with van der Waals surface area (Å²) in [7, 11) is -2.30. The zero-order valence-electron chi connectivity index (χ0n) is 13.9. The Morgan fingerprint density at radius 3 is 2.04 bits per heavy atom. The van der Waals surface area contributed by atoms with Crippen molar-refractivity contribution in [3.05, 3.63) is 68.3 Å². The van der Waals surface area contributed by atoms with E-state index in [1.807, 2.05) is 0 Å². The van der Waals surface area contributed by atoms with Gasteiger partial charge in [0.15, 0.2) is 5.75 Å². The average molecular weight is 380 g/mol. The van der Waals surface area contributed by atoms with E-state index in [2.05, 4.69) is 0 Å². The molecule has 0 saturated heterocycles. The molecule has 0 saturated carbocycles. The predicted octanol–water partition coefficient (Wildman–Crippen LogP) is 2.48. The Morgan fingerprint density at radius 2 is 1.54 bits per heavy atom. The van der Waals surface area contributed by atoms with Gasteiger partial charge < -0.3 is 4.74 Å². The molecular weight excluding hydrogens is 365 g/mol. The smallest absolute Gasteiger partial charge is 0.273 e. The Morgan fingerprint density at radius 1 is 1.00 bits per heavy atom. The molecule has 2 rings (SSSR count). The van der Waals surface area contributed by atoms with Crippen LogP contribution in [0.15, 0.2) is 42.5 Å². The van der Waals surface area contributed by atoms with Crippen molar-refractivity contribution in [2.24, 2.45) is 0 Å². The largest absolute Gasteiger partial charge is 0.486 e. The topological polar surface area (TPSA) is 133 Å². The van der Waals surface area contributed by atoms with Gasteiger partial charge in [0.1, 0.15) is 6.61 Å². The van der Waals surface area contributed by atoms with Gasteiger partial charge in [0.05, 0.1) is 27.9 Å². The minimum Gasteiger partial charge on any atom is -0.486 e. The second-order valence-electron chi connectivity index (χ2n) is 5.35. The molecule has 0 N–H and O–H groups in total. The van der Waals surface area contributed by atoms with Crippen LogP contribution >= 0.6 is 0 Å². The maximum Gasteiger partial charge on any atom is 0.273 e. The highest BCUT2D eigenvalue weighted by molar-refractivity contribution is 7.92. The molecule has 11 heteroatoms. The summed E-state index contributed by atoms with van der Waals surface area (Å²) in [6.07, 6.45) is 0.995. The molecule has 0 radical (unpaired) electrons. The van der Waals surface area contributed by atoms with Crippen molar-refractivity contribution in [1.82, 2.24) is 0 Å². The van der Waals surface area contributed by atoms with Crippen LogP contribution in [0, 0.1) is 20.2 Å². The van der Waals surface area contributed by atoms with Crippen LogP contribution in [0.1, 0.15) is 5.56 Å². The molecule has 2 aromatic rings. The highest BCUT2D eigenvalue weighted by atomic mass is 32.2. The first-order valence-electron chi connectivity index (χ1n) is 7.18. The number of anilines is 1. The summed E-state index contributed by atoms with van der Waals surface area (Å²) in [6, 6.07) is 9.15. The van der Waals surface area contributed by atoms with Gasteiger partial charge in [-0.3, -0.25) is 24.5 Å². The van der Waals surface area contributed by atoms with E-state index in [-0.39, 0.29) is 29.4 Å². The van der Waals surface area contributed by atoms with Crippen LogP contribution in [0.5, 0.6) is 5.75 Å².